The molecular formula is C15H20N2+2. The van der Waals surface area contributed by atoms with Gasteiger partial charge in [0.15, 0.2) is 12.4 Å². The van der Waals surface area contributed by atoms with E-state index < -0.39 is 0 Å². The van der Waals surface area contributed by atoms with Gasteiger partial charge in [0.2, 0.25) is 0 Å². The van der Waals surface area contributed by atoms with Crippen molar-refractivity contribution in [2.75, 3.05) is 21.1 Å². The maximum atomic E-state index is 2.26. The van der Waals surface area contributed by atoms with Crippen molar-refractivity contribution in [3.8, 4) is 11.1 Å². The number of hydrogen-bond donors (Lipinski definition) is 0. The molecule has 0 bridgehead atoms. The summed E-state index contributed by atoms with van der Waals surface area (Å²) in [6, 6.07) is 13.0. The fraction of sp³-hybridized carbons (Fsp3) is 0.267. The van der Waals surface area contributed by atoms with Crippen molar-refractivity contribution in [1.82, 2.24) is 4.48 Å². The van der Waals surface area contributed by atoms with Crippen molar-refractivity contribution in [3.63, 3.8) is 0 Å². The summed E-state index contributed by atoms with van der Waals surface area (Å²) in [5.74, 6) is 0. The number of rotatable bonds is 2. The molecule has 0 aliphatic carbocycles. The topological polar surface area (TPSA) is 3.88 Å². The van der Waals surface area contributed by atoms with Crippen LogP contribution < -0.4 is 9.05 Å². The Labute approximate surface area is 103 Å². The molecular weight excluding hydrogens is 208 g/mol. The van der Waals surface area contributed by atoms with E-state index in [0.29, 0.717) is 0 Å². The van der Waals surface area contributed by atoms with E-state index in [1.54, 1.807) is 0 Å². The quantitative estimate of drug-likeness (QED) is 0.549. The Balaban J connectivity index is 2.43. The molecule has 2 rings (SSSR count). The van der Waals surface area contributed by atoms with Crippen LogP contribution in [0.25, 0.3) is 11.1 Å². The monoisotopic (exact) mass is 228 g/mol. The van der Waals surface area contributed by atoms with Gasteiger partial charge in [0.1, 0.15) is 12.7 Å². The summed E-state index contributed by atoms with van der Waals surface area (Å²) in [6.45, 7) is 0. The molecule has 0 aliphatic rings. The van der Waals surface area contributed by atoms with Crippen LogP contribution in [0.3, 0.4) is 0 Å². The van der Waals surface area contributed by atoms with Crippen LogP contribution in [0, 0.1) is 0 Å². The minimum absolute atomic E-state index is 0.842. The molecule has 0 saturated carbocycles. The van der Waals surface area contributed by atoms with Gasteiger partial charge in [0, 0.05) is 18.2 Å². The Morgan fingerprint density at radius 3 is 2.12 bits per heavy atom. The lowest BCUT2D eigenvalue weighted by molar-refractivity contribution is -0.671. The summed E-state index contributed by atoms with van der Waals surface area (Å²) >= 11 is 0. The molecule has 2 aromatic rings. The van der Waals surface area contributed by atoms with Crippen molar-refractivity contribution in [1.29, 1.82) is 0 Å². The molecule has 1 aromatic carbocycles. The van der Waals surface area contributed by atoms with Crippen molar-refractivity contribution >= 4 is 5.69 Å². The highest BCUT2D eigenvalue weighted by molar-refractivity contribution is 5.66. The van der Waals surface area contributed by atoms with E-state index in [2.05, 4.69) is 69.9 Å². The zero-order chi connectivity index (χ0) is 12.5. The summed E-state index contributed by atoms with van der Waals surface area (Å²) in [7, 11) is 8.59. The molecule has 17 heavy (non-hydrogen) atoms. The minimum Gasteiger partial charge on any atom is -0.298 e. The number of hydrogen-bond acceptors (Lipinski definition) is 0. The summed E-state index contributed by atoms with van der Waals surface area (Å²) < 4.78 is 2.89. The molecule has 0 amide bonds. The normalized spacial score (nSPS) is 11.5. The smallest absolute Gasteiger partial charge is 0.169 e. The van der Waals surface area contributed by atoms with Crippen LogP contribution in [0.5, 0.6) is 0 Å². The van der Waals surface area contributed by atoms with Gasteiger partial charge >= 0.3 is 0 Å². The average Bonchev–Trinajstić information content (AvgIpc) is 2.29. The number of nitrogens with zero attached hydrogens (tertiary/aromatic N) is 2. The molecule has 0 fully saturated rings. The van der Waals surface area contributed by atoms with E-state index >= 15 is 0 Å². The predicted octanol–water partition coefficient (Wildman–Crippen LogP) is 2.37. The fourth-order valence-corrected chi connectivity index (χ4v) is 1.80. The average molecular weight is 228 g/mol. The van der Waals surface area contributed by atoms with Gasteiger partial charge in [-0.25, -0.2) is 4.57 Å². The van der Waals surface area contributed by atoms with Gasteiger partial charge in [-0.3, -0.25) is 4.48 Å². The SMILES string of the molecule is C[n+]1ccc(-c2cccc([N+](C)(C)C)c2)cc1. The first kappa shape index (κ1) is 11.8. The van der Waals surface area contributed by atoms with E-state index in [-0.39, 0.29) is 0 Å². The summed E-state index contributed by atoms with van der Waals surface area (Å²) in [5.41, 5.74) is 3.85. The molecule has 2 nitrogen and oxygen atoms in total. The third-order valence-corrected chi connectivity index (χ3v) is 2.93. The van der Waals surface area contributed by atoms with Gasteiger partial charge in [-0.05, 0) is 17.2 Å². The van der Waals surface area contributed by atoms with Crippen LogP contribution >= 0.6 is 0 Å². The van der Waals surface area contributed by atoms with Crippen LogP contribution in [-0.4, -0.2) is 21.1 Å². The van der Waals surface area contributed by atoms with Gasteiger partial charge in [-0.2, -0.15) is 0 Å². The predicted molar refractivity (Wildman–Crippen MR) is 72.6 cm³/mol. The largest absolute Gasteiger partial charge is 0.298 e. The van der Waals surface area contributed by atoms with E-state index in [1.165, 1.54) is 16.8 Å². The van der Waals surface area contributed by atoms with Crippen LogP contribution in [-0.2, 0) is 7.05 Å². The fourth-order valence-electron chi connectivity index (χ4n) is 1.80. The Kier molecular flexibility index (Phi) is 2.99. The van der Waals surface area contributed by atoms with Crippen molar-refractivity contribution in [2.45, 2.75) is 0 Å². The second kappa shape index (κ2) is 4.30. The van der Waals surface area contributed by atoms with Crippen LogP contribution in [0.2, 0.25) is 0 Å². The summed E-state index contributed by atoms with van der Waals surface area (Å²) in [5, 5.41) is 0. The summed E-state index contributed by atoms with van der Waals surface area (Å²) in [4.78, 5) is 0. The second-order valence-electron chi connectivity index (χ2n) is 5.32. The second-order valence-corrected chi connectivity index (χ2v) is 5.32. The number of pyridine rings is 1. The third-order valence-electron chi connectivity index (χ3n) is 2.93. The molecule has 0 atom stereocenters. The highest BCUT2D eigenvalue weighted by atomic mass is 15.3. The highest BCUT2D eigenvalue weighted by Crippen LogP contribution is 2.25. The third kappa shape index (κ3) is 2.71. The summed E-state index contributed by atoms with van der Waals surface area (Å²) in [6.07, 6.45) is 4.15. The maximum Gasteiger partial charge on any atom is 0.169 e. The van der Waals surface area contributed by atoms with Gasteiger partial charge in [-0.15, -0.1) is 0 Å². The Hall–Kier alpha value is -1.67. The van der Waals surface area contributed by atoms with E-state index in [1.807, 2.05) is 11.6 Å². The Bertz CT molecular complexity index is 507. The molecule has 88 valence electrons. The number of benzene rings is 1. The molecule has 0 spiro atoms. The molecule has 0 unspecified atom stereocenters. The number of aryl methyl sites for hydroxylation is 1. The van der Waals surface area contributed by atoms with Gasteiger partial charge in [0.25, 0.3) is 0 Å². The van der Waals surface area contributed by atoms with E-state index in [9.17, 15) is 0 Å². The minimum atomic E-state index is 0.842. The van der Waals surface area contributed by atoms with Crippen LogP contribution in [0.15, 0.2) is 48.8 Å². The molecule has 1 aromatic heterocycles. The number of aromatic nitrogens is 1. The molecule has 0 saturated heterocycles. The van der Waals surface area contributed by atoms with Crippen molar-refractivity contribution in [2.24, 2.45) is 7.05 Å². The maximum absolute atomic E-state index is 2.26. The van der Waals surface area contributed by atoms with E-state index in [4.69, 9.17) is 0 Å². The first-order chi connectivity index (χ1) is 7.97. The lowest BCUT2D eigenvalue weighted by Gasteiger charge is -2.23. The van der Waals surface area contributed by atoms with Gasteiger partial charge < -0.3 is 0 Å². The van der Waals surface area contributed by atoms with Crippen LogP contribution in [0.1, 0.15) is 0 Å². The lowest BCUT2D eigenvalue weighted by Crippen LogP contribution is -2.34. The molecule has 0 N–H and O–H groups in total. The highest BCUT2D eigenvalue weighted by Gasteiger charge is 2.12. The zero-order valence-electron chi connectivity index (χ0n) is 11.0. The first-order valence-corrected chi connectivity index (χ1v) is 5.84. The molecule has 1 heterocycles. The van der Waals surface area contributed by atoms with Gasteiger partial charge in [-0.1, -0.05) is 12.1 Å². The zero-order valence-corrected chi connectivity index (χ0v) is 11.0. The van der Waals surface area contributed by atoms with Crippen LogP contribution in [0.4, 0.5) is 5.69 Å². The lowest BCUT2D eigenvalue weighted by atomic mass is 10.1. The molecule has 2 heteroatoms. The Morgan fingerprint density at radius 1 is 0.882 bits per heavy atom. The van der Waals surface area contributed by atoms with Gasteiger partial charge in [0.05, 0.1) is 21.1 Å². The standard InChI is InChI=1S/C15H20N2/c1-16-10-8-13(9-11-16)14-6-5-7-15(12-14)17(2,3)4/h5-12H,1-4H3/q+2. The molecule has 0 radical (unpaired) electrons. The number of quaternary nitrogens is 1. The van der Waals surface area contributed by atoms with Crippen molar-refractivity contribution in [3.05, 3.63) is 48.8 Å². The van der Waals surface area contributed by atoms with E-state index in [0.717, 1.165) is 4.48 Å². The Morgan fingerprint density at radius 2 is 1.53 bits per heavy atom. The first-order valence-electron chi connectivity index (χ1n) is 5.84. The molecule has 0 aliphatic heterocycles. The van der Waals surface area contributed by atoms with Crippen molar-refractivity contribution < 1.29 is 4.57 Å².